The van der Waals surface area contributed by atoms with E-state index < -0.39 is 12.5 Å². The lowest BCUT2D eigenvalue weighted by Gasteiger charge is -2.09. The van der Waals surface area contributed by atoms with Gasteiger partial charge in [0.15, 0.2) is 17.5 Å². The van der Waals surface area contributed by atoms with Crippen molar-refractivity contribution in [3.63, 3.8) is 0 Å². The molecule has 0 unspecified atom stereocenters. The van der Waals surface area contributed by atoms with Gasteiger partial charge in [0, 0.05) is 17.3 Å². The number of halogens is 2. The fourth-order valence-electron chi connectivity index (χ4n) is 3.14. The lowest BCUT2D eigenvalue weighted by atomic mass is 10.0. The maximum Gasteiger partial charge on any atom is 0.193 e. The molecule has 0 bridgehead atoms. The molecule has 10 heteroatoms. The van der Waals surface area contributed by atoms with Crippen molar-refractivity contribution in [2.45, 2.75) is 20.0 Å². The molecule has 0 aliphatic carbocycles. The van der Waals surface area contributed by atoms with Crippen LogP contribution in [0.5, 0.6) is 0 Å². The Morgan fingerprint density at radius 3 is 2.81 bits per heavy atom. The second-order valence-corrected chi connectivity index (χ2v) is 6.78. The lowest BCUT2D eigenvalue weighted by molar-refractivity contribution is 0.425. The summed E-state index contributed by atoms with van der Waals surface area (Å²) in [5.41, 5.74) is 8.72. The first kappa shape index (κ1) is 20.2. The van der Waals surface area contributed by atoms with Gasteiger partial charge in [0.25, 0.3) is 0 Å². The number of hydrogen-bond acceptors (Lipinski definition) is 6. The van der Waals surface area contributed by atoms with Crippen molar-refractivity contribution in [1.82, 2.24) is 34.7 Å². The van der Waals surface area contributed by atoms with Gasteiger partial charge in [-0.3, -0.25) is 4.68 Å². The maximum atomic E-state index is 14.7. The molecule has 4 aromatic rings. The fourth-order valence-corrected chi connectivity index (χ4v) is 3.14. The van der Waals surface area contributed by atoms with Gasteiger partial charge in [0.1, 0.15) is 18.1 Å². The number of alkyl halides is 1. The Balaban J connectivity index is 1.68. The number of nitrogen functional groups attached to an aromatic ring is 1. The van der Waals surface area contributed by atoms with Crippen molar-refractivity contribution in [3.05, 3.63) is 59.3 Å². The first-order valence-electron chi connectivity index (χ1n) is 9.38. The molecule has 31 heavy (non-hydrogen) atoms. The van der Waals surface area contributed by atoms with Crippen LogP contribution >= 0.6 is 0 Å². The van der Waals surface area contributed by atoms with Crippen LogP contribution in [0.25, 0.3) is 22.8 Å². The van der Waals surface area contributed by atoms with E-state index >= 15 is 0 Å². The SMILES string of the molecule is C#Cc1cccc(-c2nc(N)c(F)c(-c3cn(Cc4ccn(CCF)n4)nn3)n2)c1C. The molecular weight excluding hydrogens is 402 g/mol. The summed E-state index contributed by atoms with van der Waals surface area (Å²) in [6.45, 7) is 1.79. The summed E-state index contributed by atoms with van der Waals surface area (Å²) in [6, 6.07) is 7.11. The number of rotatable bonds is 6. The minimum Gasteiger partial charge on any atom is -0.381 e. The summed E-state index contributed by atoms with van der Waals surface area (Å²) in [6.07, 6.45) is 8.75. The number of nitrogens with zero attached hydrogens (tertiary/aromatic N) is 7. The summed E-state index contributed by atoms with van der Waals surface area (Å²) in [4.78, 5) is 8.43. The predicted octanol–water partition coefficient (Wildman–Crippen LogP) is 2.63. The molecular formula is C21H18F2N8. The lowest BCUT2D eigenvalue weighted by Crippen LogP contribution is -2.05. The number of aromatic nitrogens is 7. The minimum atomic E-state index is -0.784. The molecule has 0 amide bonds. The zero-order chi connectivity index (χ0) is 22.0. The second-order valence-electron chi connectivity index (χ2n) is 6.78. The van der Waals surface area contributed by atoms with Crippen LogP contribution in [0, 0.1) is 25.1 Å². The van der Waals surface area contributed by atoms with E-state index in [9.17, 15) is 8.78 Å². The van der Waals surface area contributed by atoms with E-state index in [1.807, 2.05) is 6.92 Å². The van der Waals surface area contributed by atoms with Gasteiger partial charge in [-0.25, -0.2) is 23.4 Å². The number of nitrogens with two attached hydrogens (primary N) is 1. The molecule has 0 saturated heterocycles. The first-order valence-corrected chi connectivity index (χ1v) is 9.38. The summed E-state index contributed by atoms with van der Waals surface area (Å²) in [5.74, 6) is 1.75. The van der Waals surface area contributed by atoms with E-state index in [0.29, 0.717) is 16.8 Å². The summed E-state index contributed by atoms with van der Waals surface area (Å²) in [5, 5.41) is 12.3. The van der Waals surface area contributed by atoms with Crippen LogP contribution in [0.3, 0.4) is 0 Å². The van der Waals surface area contributed by atoms with Crippen LogP contribution in [0.4, 0.5) is 14.6 Å². The molecule has 2 N–H and O–H groups in total. The standard InChI is InChI=1S/C21H18F2N8/c1-3-14-5-4-6-16(13(14)2)21-25-19(18(23)20(24)26-21)17-12-31(29-27-17)11-15-7-9-30(28-15)10-8-22/h1,4-7,9,12H,8,10-11H2,2H3,(H2,24,25,26). The third-order valence-electron chi connectivity index (χ3n) is 4.72. The van der Waals surface area contributed by atoms with E-state index in [0.717, 1.165) is 5.56 Å². The summed E-state index contributed by atoms with van der Waals surface area (Å²) < 4.78 is 30.2. The van der Waals surface area contributed by atoms with E-state index in [-0.39, 0.29) is 36.1 Å². The Morgan fingerprint density at radius 2 is 2.03 bits per heavy atom. The third kappa shape index (κ3) is 3.98. The van der Waals surface area contributed by atoms with Crippen molar-refractivity contribution in [2.75, 3.05) is 12.4 Å². The average Bonchev–Trinajstić information content (AvgIpc) is 3.40. The molecule has 3 aromatic heterocycles. The van der Waals surface area contributed by atoms with Crippen LogP contribution in [0.2, 0.25) is 0 Å². The van der Waals surface area contributed by atoms with E-state index in [4.69, 9.17) is 12.2 Å². The normalized spacial score (nSPS) is 10.9. The van der Waals surface area contributed by atoms with Crippen LogP contribution in [0.1, 0.15) is 16.8 Å². The Hall–Kier alpha value is -4.13. The van der Waals surface area contributed by atoms with E-state index in [2.05, 4.69) is 31.3 Å². The first-order chi connectivity index (χ1) is 15.0. The van der Waals surface area contributed by atoms with Gasteiger partial charge in [-0.2, -0.15) is 5.10 Å². The molecule has 0 spiro atoms. The smallest absolute Gasteiger partial charge is 0.193 e. The topological polar surface area (TPSA) is 100 Å². The van der Waals surface area contributed by atoms with Gasteiger partial charge in [-0.1, -0.05) is 23.3 Å². The molecule has 0 radical (unpaired) electrons. The molecule has 156 valence electrons. The van der Waals surface area contributed by atoms with Crippen molar-refractivity contribution < 1.29 is 8.78 Å². The Morgan fingerprint density at radius 1 is 1.19 bits per heavy atom. The molecule has 0 fully saturated rings. The van der Waals surface area contributed by atoms with Crippen LogP contribution in [-0.4, -0.2) is 41.4 Å². The molecule has 0 aliphatic heterocycles. The van der Waals surface area contributed by atoms with Crippen molar-refractivity contribution in [2.24, 2.45) is 0 Å². The Bertz CT molecular complexity index is 1290. The van der Waals surface area contributed by atoms with Crippen LogP contribution in [0.15, 0.2) is 36.7 Å². The Kier molecular flexibility index (Phi) is 5.41. The van der Waals surface area contributed by atoms with E-state index in [1.54, 1.807) is 30.5 Å². The molecule has 3 heterocycles. The molecule has 0 atom stereocenters. The molecule has 1 aromatic carbocycles. The molecule has 8 nitrogen and oxygen atoms in total. The fraction of sp³-hybridized carbons (Fsp3) is 0.190. The predicted molar refractivity (Wildman–Crippen MR) is 111 cm³/mol. The zero-order valence-electron chi connectivity index (χ0n) is 16.6. The van der Waals surface area contributed by atoms with Gasteiger partial charge in [-0.15, -0.1) is 11.5 Å². The summed E-state index contributed by atoms with van der Waals surface area (Å²) in [7, 11) is 0. The highest BCUT2D eigenvalue weighted by atomic mass is 19.1. The highest BCUT2D eigenvalue weighted by Crippen LogP contribution is 2.28. The van der Waals surface area contributed by atoms with Gasteiger partial charge >= 0.3 is 0 Å². The quantitative estimate of drug-likeness (QED) is 0.482. The average molecular weight is 420 g/mol. The van der Waals surface area contributed by atoms with Gasteiger partial charge in [0.2, 0.25) is 0 Å². The zero-order valence-corrected chi connectivity index (χ0v) is 16.6. The molecule has 4 rings (SSSR count). The maximum absolute atomic E-state index is 14.7. The van der Waals surface area contributed by atoms with Crippen molar-refractivity contribution in [1.29, 1.82) is 0 Å². The van der Waals surface area contributed by atoms with Gasteiger partial charge in [-0.05, 0) is 24.6 Å². The van der Waals surface area contributed by atoms with Crippen molar-refractivity contribution in [3.8, 4) is 35.1 Å². The number of aryl methyl sites for hydroxylation is 1. The van der Waals surface area contributed by atoms with Crippen molar-refractivity contribution >= 4 is 5.82 Å². The number of anilines is 1. The highest BCUT2D eigenvalue weighted by Gasteiger charge is 2.19. The van der Waals surface area contributed by atoms with Crippen LogP contribution in [-0.2, 0) is 13.1 Å². The number of hydrogen-bond donors (Lipinski definition) is 1. The summed E-state index contributed by atoms with van der Waals surface area (Å²) >= 11 is 0. The van der Waals surface area contributed by atoms with Gasteiger partial charge in [0.05, 0.1) is 25.0 Å². The third-order valence-corrected chi connectivity index (χ3v) is 4.72. The van der Waals surface area contributed by atoms with E-state index in [1.165, 1.54) is 15.6 Å². The largest absolute Gasteiger partial charge is 0.381 e. The highest BCUT2D eigenvalue weighted by molar-refractivity contribution is 5.69. The monoisotopic (exact) mass is 420 g/mol. The minimum absolute atomic E-state index is 0.0674. The number of benzene rings is 1. The molecule has 0 aliphatic rings. The Labute approximate surface area is 176 Å². The number of terminal acetylenes is 1. The van der Waals surface area contributed by atoms with Crippen LogP contribution < -0.4 is 5.73 Å². The second kappa shape index (κ2) is 8.31. The molecule has 0 saturated carbocycles. The van der Waals surface area contributed by atoms with Gasteiger partial charge < -0.3 is 5.73 Å².